The van der Waals surface area contributed by atoms with Gasteiger partial charge in [0, 0.05) is 17.6 Å². The molecule has 1 aromatic heterocycles. The van der Waals surface area contributed by atoms with Crippen LogP contribution in [-0.4, -0.2) is 22.6 Å². The third-order valence-corrected chi connectivity index (χ3v) is 2.15. The Labute approximate surface area is 92.5 Å². The van der Waals surface area contributed by atoms with Gasteiger partial charge in [0.1, 0.15) is 6.33 Å². The first-order valence-electron chi connectivity index (χ1n) is 4.69. The number of hydrogen-bond acceptors (Lipinski definition) is 4. The van der Waals surface area contributed by atoms with Crippen molar-refractivity contribution >= 4 is 11.7 Å². The maximum atomic E-state index is 11.2. The summed E-state index contributed by atoms with van der Waals surface area (Å²) < 4.78 is 6.28. The van der Waals surface area contributed by atoms with Crippen LogP contribution in [0.5, 0.6) is 0 Å². The fourth-order valence-corrected chi connectivity index (χ4v) is 1.36. The minimum Gasteiger partial charge on any atom is -0.464 e. The van der Waals surface area contributed by atoms with Crippen LogP contribution in [0.25, 0.3) is 5.69 Å². The first kappa shape index (κ1) is 10.2. The standard InChI is InChI=1S/C11H11N3O2/c1-16-11(15)10-6-14(7-13-10)9-4-2-3-8(12)5-9/h2-7H,12H2,1H3. The molecule has 0 saturated heterocycles. The van der Waals surface area contributed by atoms with Crippen molar-refractivity contribution in [2.75, 3.05) is 12.8 Å². The number of nitrogens with two attached hydrogens (primary N) is 1. The molecule has 2 aromatic rings. The van der Waals surface area contributed by atoms with E-state index in [0.29, 0.717) is 5.69 Å². The zero-order valence-electron chi connectivity index (χ0n) is 8.75. The lowest BCUT2D eigenvalue weighted by atomic mass is 10.3. The van der Waals surface area contributed by atoms with E-state index >= 15 is 0 Å². The van der Waals surface area contributed by atoms with E-state index in [0.717, 1.165) is 5.69 Å². The van der Waals surface area contributed by atoms with Crippen molar-refractivity contribution in [2.24, 2.45) is 0 Å². The normalized spacial score (nSPS) is 10.1. The van der Waals surface area contributed by atoms with Crippen LogP contribution in [0.3, 0.4) is 0 Å². The molecule has 1 aromatic carbocycles. The van der Waals surface area contributed by atoms with Gasteiger partial charge < -0.3 is 15.0 Å². The maximum absolute atomic E-state index is 11.2. The second-order valence-electron chi connectivity index (χ2n) is 3.25. The summed E-state index contributed by atoms with van der Waals surface area (Å²) >= 11 is 0. The van der Waals surface area contributed by atoms with Crippen molar-refractivity contribution < 1.29 is 9.53 Å². The van der Waals surface area contributed by atoms with Gasteiger partial charge in [0.2, 0.25) is 0 Å². The third kappa shape index (κ3) is 1.88. The van der Waals surface area contributed by atoms with Crippen molar-refractivity contribution in [3.8, 4) is 5.69 Å². The molecule has 0 aliphatic heterocycles. The van der Waals surface area contributed by atoms with E-state index in [2.05, 4.69) is 9.72 Å². The maximum Gasteiger partial charge on any atom is 0.358 e. The number of methoxy groups -OCH3 is 1. The van der Waals surface area contributed by atoms with Gasteiger partial charge in [0.15, 0.2) is 5.69 Å². The van der Waals surface area contributed by atoms with Gasteiger partial charge >= 0.3 is 5.97 Å². The molecular weight excluding hydrogens is 206 g/mol. The van der Waals surface area contributed by atoms with Crippen LogP contribution in [0, 0.1) is 0 Å². The molecule has 16 heavy (non-hydrogen) atoms. The molecule has 0 fully saturated rings. The number of esters is 1. The Hall–Kier alpha value is -2.30. The fraction of sp³-hybridized carbons (Fsp3) is 0.0909. The summed E-state index contributed by atoms with van der Waals surface area (Å²) in [6, 6.07) is 7.30. The molecule has 2 rings (SSSR count). The minimum absolute atomic E-state index is 0.268. The molecule has 0 aliphatic rings. The Morgan fingerprint density at radius 2 is 2.31 bits per heavy atom. The number of hydrogen-bond donors (Lipinski definition) is 1. The summed E-state index contributed by atoms with van der Waals surface area (Å²) in [5.74, 6) is -0.456. The summed E-state index contributed by atoms with van der Waals surface area (Å²) in [5, 5.41) is 0. The van der Waals surface area contributed by atoms with Crippen molar-refractivity contribution in [1.82, 2.24) is 9.55 Å². The number of aromatic nitrogens is 2. The van der Waals surface area contributed by atoms with Gasteiger partial charge in [-0.15, -0.1) is 0 Å². The SMILES string of the molecule is COC(=O)c1cn(-c2cccc(N)c2)cn1. The number of carbonyl (C=O) groups excluding carboxylic acids is 1. The highest BCUT2D eigenvalue weighted by molar-refractivity contribution is 5.86. The lowest BCUT2D eigenvalue weighted by Crippen LogP contribution is -2.01. The zero-order chi connectivity index (χ0) is 11.5. The molecule has 0 radical (unpaired) electrons. The Balaban J connectivity index is 2.35. The van der Waals surface area contributed by atoms with Crippen LogP contribution >= 0.6 is 0 Å². The molecule has 0 spiro atoms. The summed E-state index contributed by atoms with van der Waals surface area (Å²) in [5.41, 5.74) is 7.44. The molecule has 0 bridgehead atoms. The van der Waals surface area contributed by atoms with Crippen LogP contribution in [-0.2, 0) is 4.74 Å². The first-order valence-corrected chi connectivity index (χ1v) is 4.69. The lowest BCUT2D eigenvalue weighted by molar-refractivity contribution is 0.0594. The third-order valence-electron chi connectivity index (χ3n) is 2.15. The molecule has 82 valence electrons. The van der Waals surface area contributed by atoms with E-state index in [1.807, 2.05) is 12.1 Å². The van der Waals surface area contributed by atoms with E-state index in [9.17, 15) is 4.79 Å². The van der Waals surface area contributed by atoms with Crippen molar-refractivity contribution in [1.29, 1.82) is 0 Å². The predicted molar refractivity (Wildman–Crippen MR) is 59.3 cm³/mol. The molecule has 0 amide bonds. The van der Waals surface area contributed by atoms with Gasteiger partial charge in [0.25, 0.3) is 0 Å². The van der Waals surface area contributed by atoms with Gasteiger partial charge in [-0.2, -0.15) is 0 Å². The molecule has 0 unspecified atom stereocenters. The Kier molecular flexibility index (Phi) is 2.59. The number of anilines is 1. The summed E-state index contributed by atoms with van der Waals surface area (Å²) in [7, 11) is 1.32. The van der Waals surface area contributed by atoms with E-state index in [4.69, 9.17) is 5.73 Å². The highest BCUT2D eigenvalue weighted by Gasteiger charge is 2.09. The molecule has 0 atom stereocenters. The number of imidazole rings is 1. The monoisotopic (exact) mass is 217 g/mol. The van der Waals surface area contributed by atoms with Gasteiger partial charge in [0.05, 0.1) is 7.11 Å². The van der Waals surface area contributed by atoms with E-state index in [1.165, 1.54) is 7.11 Å². The zero-order valence-corrected chi connectivity index (χ0v) is 8.75. The lowest BCUT2D eigenvalue weighted by Gasteiger charge is -2.01. The van der Waals surface area contributed by atoms with Crippen molar-refractivity contribution in [2.45, 2.75) is 0 Å². The Bertz CT molecular complexity index is 519. The number of nitrogen functional groups attached to an aromatic ring is 1. The molecule has 5 heteroatoms. The molecular formula is C11H11N3O2. The number of rotatable bonds is 2. The predicted octanol–water partition coefficient (Wildman–Crippen LogP) is 1.24. The minimum atomic E-state index is -0.456. The van der Waals surface area contributed by atoms with Crippen molar-refractivity contribution in [3.63, 3.8) is 0 Å². The van der Waals surface area contributed by atoms with Crippen LogP contribution in [0.4, 0.5) is 5.69 Å². The molecule has 1 heterocycles. The molecule has 2 N–H and O–H groups in total. The number of ether oxygens (including phenoxy) is 1. The first-order chi connectivity index (χ1) is 7.70. The molecule has 5 nitrogen and oxygen atoms in total. The Morgan fingerprint density at radius 3 is 3.00 bits per heavy atom. The van der Waals surface area contributed by atoms with Crippen molar-refractivity contribution in [3.05, 3.63) is 42.5 Å². The second kappa shape index (κ2) is 4.06. The van der Waals surface area contributed by atoms with Crippen LogP contribution in [0.15, 0.2) is 36.8 Å². The van der Waals surface area contributed by atoms with Crippen LogP contribution in [0.1, 0.15) is 10.5 Å². The largest absolute Gasteiger partial charge is 0.464 e. The van der Waals surface area contributed by atoms with Crippen LogP contribution < -0.4 is 5.73 Å². The van der Waals surface area contributed by atoms with Gasteiger partial charge in [-0.05, 0) is 18.2 Å². The highest BCUT2D eigenvalue weighted by atomic mass is 16.5. The van der Waals surface area contributed by atoms with Gasteiger partial charge in [-0.25, -0.2) is 9.78 Å². The second-order valence-corrected chi connectivity index (χ2v) is 3.25. The number of carbonyl (C=O) groups is 1. The number of nitrogens with zero attached hydrogens (tertiary/aromatic N) is 2. The Morgan fingerprint density at radius 1 is 1.50 bits per heavy atom. The molecule has 0 saturated carbocycles. The smallest absolute Gasteiger partial charge is 0.358 e. The summed E-state index contributed by atoms with van der Waals surface area (Å²) in [6.07, 6.45) is 3.14. The average molecular weight is 217 g/mol. The average Bonchev–Trinajstić information content (AvgIpc) is 2.77. The highest BCUT2D eigenvalue weighted by Crippen LogP contribution is 2.12. The van der Waals surface area contributed by atoms with E-state index in [1.54, 1.807) is 29.2 Å². The number of benzene rings is 1. The molecule has 0 aliphatic carbocycles. The van der Waals surface area contributed by atoms with Gasteiger partial charge in [-0.1, -0.05) is 6.07 Å². The topological polar surface area (TPSA) is 70.1 Å². The fourth-order valence-electron chi connectivity index (χ4n) is 1.36. The quantitative estimate of drug-likeness (QED) is 0.607. The van der Waals surface area contributed by atoms with E-state index < -0.39 is 5.97 Å². The summed E-state index contributed by atoms with van der Waals surface area (Å²) in [4.78, 5) is 15.1. The van der Waals surface area contributed by atoms with Crippen LogP contribution in [0.2, 0.25) is 0 Å². The van der Waals surface area contributed by atoms with E-state index in [-0.39, 0.29) is 5.69 Å². The van der Waals surface area contributed by atoms with Gasteiger partial charge in [-0.3, -0.25) is 0 Å². The summed E-state index contributed by atoms with van der Waals surface area (Å²) in [6.45, 7) is 0.